The number of H-pyrrole nitrogens is 1. The van der Waals surface area contributed by atoms with Gasteiger partial charge in [0.05, 0.1) is 29.7 Å². The molecule has 0 saturated carbocycles. The fraction of sp³-hybridized carbons (Fsp3) is 0.500. The van der Waals surface area contributed by atoms with Crippen LogP contribution in [-0.2, 0) is 11.2 Å². The highest BCUT2D eigenvalue weighted by atomic mass is 35.5. The standard InChI is InChI=1S/C16H20ClN5O2/c1-10-14(11(2)21-20-10)3-4-15(23)22-6-5-13(9-22)24-16-18-7-12(17)8-19-16/h7-8,13H,3-6,9H2,1-2H3,(H,20,21)/t13-/m0/s1. The molecule has 1 N–H and O–H groups in total. The molecule has 7 nitrogen and oxygen atoms in total. The molecular formula is C16H20ClN5O2. The molecule has 1 saturated heterocycles. The molecule has 0 spiro atoms. The number of nitrogens with zero attached hydrogens (tertiary/aromatic N) is 4. The van der Waals surface area contributed by atoms with Gasteiger partial charge in [-0.05, 0) is 25.8 Å². The number of aromatic amines is 1. The number of carbonyl (C=O) groups excluding carboxylic acids is 1. The smallest absolute Gasteiger partial charge is 0.316 e. The lowest BCUT2D eigenvalue weighted by Gasteiger charge is -2.16. The van der Waals surface area contributed by atoms with E-state index in [0.717, 1.165) is 23.4 Å². The molecule has 1 aliphatic rings. The first-order valence-electron chi connectivity index (χ1n) is 7.95. The zero-order valence-corrected chi connectivity index (χ0v) is 14.5. The van der Waals surface area contributed by atoms with E-state index in [9.17, 15) is 4.79 Å². The number of rotatable bonds is 5. The Bertz CT molecular complexity index is 696. The number of nitrogens with one attached hydrogen (secondary N) is 1. The van der Waals surface area contributed by atoms with E-state index in [1.165, 1.54) is 12.4 Å². The first kappa shape index (κ1) is 16.7. The lowest BCUT2D eigenvalue weighted by molar-refractivity contribution is -0.130. The van der Waals surface area contributed by atoms with E-state index < -0.39 is 0 Å². The first-order valence-corrected chi connectivity index (χ1v) is 8.33. The molecule has 2 aromatic rings. The van der Waals surface area contributed by atoms with Gasteiger partial charge in [0, 0.05) is 25.1 Å². The van der Waals surface area contributed by atoms with Crippen LogP contribution in [0.2, 0.25) is 5.02 Å². The zero-order chi connectivity index (χ0) is 17.1. The summed E-state index contributed by atoms with van der Waals surface area (Å²) in [7, 11) is 0. The third kappa shape index (κ3) is 3.84. The summed E-state index contributed by atoms with van der Waals surface area (Å²) >= 11 is 5.75. The second-order valence-electron chi connectivity index (χ2n) is 5.96. The monoisotopic (exact) mass is 349 g/mol. The molecule has 0 bridgehead atoms. The van der Waals surface area contributed by atoms with Crippen molar-refractivity contribution in [2.24, 2.45) is 0 Å². The molecule has 128 valence electrons. The van der Waals surface area contributed by atoms with Gasteiger partial charge in [-0.25, -0.2) is 9.97 Å². The fourth-order valence-corrected chi connectivity index (χ4v) is 2.99. The Morgan fingerprint density at radius 3 is 2.83 bits per heavy atom. The average Bonchev–Trinajstić information content (AvgIpc) is 3.15. The number of hydrogen-bond acceptors (Lipinski definition) is 5. The molecule has 3 heterocycles. The Kier molecular flexibility index (Phi) is 4.99. The lowest BCUT2D eigenvalue weighted by atomic mass is 10.1. The molecule has 8 heteroatoms. The third-order valence-corrected chi connectivity index (χ3v) is 4.43. The van der Waals surface area contributed by atoms with E-state index in [4.69, 9.17) is 16.3 Å². The Labute approximate surface area is 145 Å². The van der Waals surface area contributed by atoms with Crippen molar-refractivity contribution in [2.75, 3.05) is 13.1 Å². The molecule has 1 fully saturated rings. The maximum Gasteiger partial charge on any atom is 0.316 e. The van der Waals surface area contributed by atoms with Crippen molar-refractivity contribution < 1.29 is 9.53 Å². The molecular weight excluding hydrogens is 330 g/mol. The largest absolute Gasteiger partial charge is 0.458 e. The fourth-order valence-electron chi connectivity index (χ4n) is 2.89. The van der Waals surface area contributed by atoms with E-state index >= 15 is 0 Å². The average molecular weight is 350 g/mol. The van der Waals surface area contributed by atoms with Gasteiger partial charge in [-0.1, -0.05) is 11.6 Å². The summed E-state index contributed by atoms with van der Waals surface area (Å²) in [6.07, 6.45) is 4.88. The number of aromatic nitrogens is 4. The van der Waals surface area contributed by atoms with Gasteiger partial charge in [-0.15, -0.1) is 0 Å². The van der Waals surface area contributed by atoms with E-state index in [2.05, 4.69) is 20.2 Å². The van der Waals surface area contributed by atoms with Crippen LogP contribution < -0.4 is 4.74 Å². The Balaban J connectivity index is 1.49. The first-order chi connectivity index (χ1) is 11.5. The minimum absolute atomic E-state index is 0.0764. The van der Waals surface area contributed by atoms with Crippen LogP contribution in [0.15, 0.2) is 12.4 Å². The van der Waals surface area contributed by atoms with Crippen LogP contribution in [0, 0.1) is 13.8 Å². The molecule has 1 amide bonds. The van der Waals surface area contributed by atoms with Crippen LogP contribution in [0.5, 0.6) is 6.01 Å². The predicted molar refractivity (Wildman–Crippen MR) is 89.0 cm³/mol. The topological polar surface area (TPSA) is 84.0 Å². The van der Waals surface area contributed by atoms with Gasteiger partial charge in [0.2, 0.25) is 5.91 Å². The summed E-state index contributed by atoms with van der Waals surface area (Å²) < 4.78 is 5.71. The van der Waals surface area contributed by atoms with Gasteiger partial charge < -0.3 is 9.64 Å². The van der Waals surface area contributed by atoms with E-state index in [-0.39, 0.29) is 12.0 Å². The minimum Gasteiger partial charge on any atom is -0.458 e. The normalized spacial score (nSPS) is 17.3. The van der Waals surface area contributed by atoms with Gasteiger partial charge >= 0.3 is 6.01 Å². The van der Waals surface area contributed by atoms with E-state index in [1.807, 2.05) is 18.7 Å². The summed E-state index contributed by atoms with van der Waals surface area (Å²) in [5, 5.41) is 7.58. The van der Waals surface area contributed by atoms with E-state index in [1.54, 1.807) is 0 Å². The summed E-state index contributed by atoms with van der Waals surface area (Å²) in [5.74, 6) is 0.137. The van der Waals surface area contributed by atoms with Crippen LogP contribution in [0.3, 0.4) is 0 Å². The van der Waals surface area contributed by atoms with Crippen molar-refractivity contribution >= 4 is 17.5 Å². The minimum atomic E-state index is -0.0764. The van der Waals surface area contributed by atoms with Crippen molar-refractivity contribution in [2.45, 2.75) is 39.2 Å². The number of hydrogen-bond donors (Lipinski definition) is 1. The Morgan fingerprint density at radius 2 is 2.17 bits per heavy atom. The van der Waals surface area contributed by atoms with Crippen LogP contribution in [0.25, 0.3) is 0 Å². The second-order valence-corrected chi connectivity index (χ2v) is 6.40. The molecule has 3 rings (SSSR count). The molecule has 0 radical (unpaired) electrons. The maximum absolute atomic E-state index is 12.4. The quantitative estimate of drug-likeness (QED) is 0.893. The van der Waals surface area contributed by atoms with Crippen molar-refractivity contribution in [3.8, 4) is 6.01 Å². The van der Waals surface area contributed by atoms with Gasteiger partial charge in [0.15, 0.2) is 0 Å². The molecule has 24 heavy (non-hydrogen) atoms. The SMILES string of the molecule is Cc1n[nH]c(C)c1CCC(=O)N1CC[C@H](Oc2ncc(Cl)cn2)C1. The number of halogens is 1. The molecule has 0 aromatic carbocycles. The number of carbonyl (C=O) groups is 1. The highest BCUT2D eigenvalue weighted by molar-refractivity contribution is 6.30. The van der Waals surface area contributed by atoms with Gasteiger partial charge in [-0.3, -0.25) is 9.89 Å². The summed E-state index contributed by atoms with van der Waals surface area (Å²) in [4.78, 5) is 22.3. The van der Waals surface area contributed by atoms with Crippen LogP contribution in [0.1, 0.15) is 29.8 Å². The van der Waals surface area contributed by atoms with Crippen molar-refractivity contribution in [3.63, 3.8) is 0 Å². The number of aryl methyl sites for hydroxylation is 2. The second kappa shape index (κ2) is 7.17. The molecule has 1 atom stereocenters. The van der Waals surface area contributed by atoms with E-state index in [0.29, 0.717) is 37.0 Å². The summed E-state index contributed by atoms with van der Waals surface area (Å²) in [6, 6.07) is 0.295. The number of amides is 1. The Morgan fingerprint density at radius 1 is 1.42 bits per heavy atom. The zero-order valence-electron chi connectivity index (χ0n) is 13.8. The maximum atomic E-state index is 12.4. The van der Waals surface area contributed by atoms with Crippen LogP contribution in [0.4, 0.5) is 0 Å². The van der Waals surface area contributed by atoms with Crippen molar-refractivity contribution in [1.29, 1.82) is 0 Å². The van der Waals surface area contributed by atoms with Gasteiger partial charge in [0.25, 0.3) is 0 Å². The third-order valence-electron chi connectivity index (χ3n) is 4.24. The molecule has 2 aromatic heterocycles. The molecule has 0 unspecified atom stereocenters. The number of likely N-dealkylation sites (tertiary alicyclic amines) is 1. The van der Waals surface area contributed by atoms with Crippen LogP contribution in [-0.4, -0.2) is 50.2 Å². The number of ether oxygens (including phenoxy) is 1. The van der Waals surface area contributed by atoms with Crippen LogP contribution >= 0.6 is 11.6 Å². The summed E-state index contributed by atoms with van der Waals surface area (Å²) in [6.45, 7) is 5.19. The van der Waals surface area contributed by atoms with Gasteiger partial charge in [0.1, 0.15) is 6.10 Å². The summed E-state index contributed by atoms with van der Waals surface area (Å²) in [5.41, 5.74) is 3.12. The van der Waals surface area contributed by atoms with Gasteiger partial charge in [-0.2, -0.15) is 5.10 Å². The highest BCUT2D eigenvalue weighted by Gasteiger charge is 2.28. The van der Waals surface area contributed by atoms with Crippen molar-refractivity contribution in [3.05, 3.63) is 34.4 Å². The molecule has 1 aliphatic heterocycles. The Hall–Kier alpha value is -2.15. The predicted octanol–water partition coefficient (Wildman–Crippen LogP) is 2.08. The van der Waals surface area contributed by atoms with Crippen molar-refractivity contribution in [1.82, 2.24) is 25.1 Å². The highest BCUT2D eigenvalue weighted by Crippen LogP contribution is 2.18. The lowest BCUT2D eigenvalue weighted by Crippen LogP contribution is -2.31. The molecule has 0 aliphatic carbocycles.